The first-order chi connectivity index (χ1) is 14.3. The van der Waals surface area contributed by atoms with Crippen LogP contribution in [0.1, 0.15) is 16.7 Å². The van der Waals surface area contributed by atoms with Crippen molar-refractivity contribution in [3.8, 4) is 0 Å². The Kier molecular flexibility index (Phi) is 5.15. The lowest BCUT2D eigenvalue weighted by atomic mass is 9.99. The number of amides is 2. The van der Waals surface area contributed by atoms with E-state index in [4.69, 9.17) is 0 Å². The van der Waals surface area contributed by atoms with Crippen molar-refractivity contribution in [2.24, 2.45) is 0 Å². The number of hydrogen-bond acceptors (Lipinski definition) is 4. The molecule has 2 heterocycles. The quantitative estimate of drug-likeness (QED) is 0.728. The maximum atomic E-state index is 14.5. The van der Waals surface area contributed by atoms with Gasteiger partial charge in [0.25, 0.3) is 11.8 Å². The normalized spacial score (nSPS) is 18.0. The van der Waals surface area contributed by atoms with Crippen molar-refractivity contribution >= 4 is 23.1 Å². The number of rotatable bonds is 3. The Labute approximate surface area is 174 Å². The van der Waals surface area contributed by atoms with E-state index in [9.17, 15) is 18.4 Å². The van der Waals surface area contributed by atoms with Crippen molar-refractivity contribution in [1.29, 1.82) is 0 Å². The number of benzene rings is 2. The molecule has 0 spiro atoms. The number of piperazine rings is 1. The number of anilines is 1. The van der Waals surface area contributed by atoms with Crippen molar-refractivity contribution in [1.82, 2.24) is 9.80 Å². The van der Waals surface area contributed by atoms with Crippen LogP contribution >= 0.6 is 0 Å². The number of imide groups is 1. The van der Waals surface area contributed by atoms with Gasteiger partial charge in [-0.25, -0.2) is 13.7 Å². The number of likely N-dealkylation sites (N-methyl/N-ethyl adjacent to an activating group) is 1. The molecule has 156 valence electrons. The molecule has 1 fully saturated rings. The number of aryl methyl sites for hydroxylation is 2. The molecule has 2 amide bonds. The van der Waals surface area contributed by atoms with Crippen molar-refractivity contribution in [2.75, 3.05) is 38.1 Å². The molecule has 0 bridgehead atoms. The van der Waals surface area contributed by atoms with Crippen LogP contribution in [0.25, 0.3) is 5.57 Å². The summed E-state index contributed by atoms with van der Waals surface area (Å²) in [7, 11) is 1.99. The van der Waals surface area contributed by atoms with Gasteiger partial charge in [-0.15, -0.1) is 0 Å². The summed E-state index contributed by atoms with van der Waals surface area (Å²) in [5, 5.41) is 0. The molecule has 0 unspecified atom stereocenters. The van der Waals surface area contributed by atoms with Crippen LogP contribution in [0.15, 0.2) is 42.1 Å². The van der Waals surface area contributed by atoms with Gasteiger partial charge in [-0.1, -0.05) is 18.2 Å². The maximum Gasteiger partial charge on any atom is 0.282 e. The smallest absolute Gasteiger partial charge is 0.282 e. The van der Waals surface area contributed by atoms with E-state index in [0.29, 0.717) is 18.7 Å². The van der Waals surface area contributed by atoms with Crippen LogP contribution in [0.2, 0.25) is 0 Å². The van der Waals surface area contributed by atoms with Crippen LogP contribution in [0.4, 0.5) is 14.5 Å². The van der Waals surface area contributed by atoms with Gasteiger partial charge in [0.15, 0.2) is 0 Å². The molecular weight excluding hydrogens is 388 g/mol. The van der Waals surface area contributed by atoms with Crippen LogP contribution in [0.5, 0.6) is 0 Å². The summed E-state index contributed by atoms with van der Waals surface area (Å²) in [6.45, 7) is 6.50. The molecule has 30 heavy (non-hydrogen) atoms. The minimum Gasteiger partial charge on any atom is -0.364 e. The first-order valence-electron chi connectivity index (χ1n) is 9.87. The summed E-state index contributed by atoms with van der Waals surface area (Å²) >= 11 is 0. The lowest BCUT2D eigenvalue weighted by Gasteiger charge is -2.34. The predicted octanol–water partition coefficient (Wildman–Crippen LogP) is 3.11. The summed E-state index contributed by atoms with van der Waals surface area (Å²) < 4.78 is 28.3. The van der Waals surface area contributed by atoms with E-state index in [1.54, 1.807) is 6.07 Å². The molecule has 2 aliphatic rings. The number of carbonyl (C=O) groups excluding carboxylic acids is 2. The molecule has 0 atom stereocenters. The zero-order valence-electron chi connectivity index (χ0n) is 17.2. The van der Waals surface area contributed by atoms with E-state index in [0.717, 1.165) is 47.3 Å². The van der Waals surface area contributed by atoms with Crippen molar-refractivity contribution < 1.29 is 18.4 Å². The van der Waals surface area contributed by atoms with Crippen molar-refractivity contribution in [2.45, 2.75) is 13.8 Å². The summed E-state index contributed by atoms with van der Waals surface area (Å²) in [5.74, 6) is -2.80. The summed E-state index contributed by atoms with van der Waals surface area (Å²) in [5.41, 5.74) is 2.76. The van der Waals surface area contributed by atoms with Crippen LogP contribution in [0.3, 0.4) is 0 Å². The first-order valence-corrected chi connectivity index (χ1v) is 9.87. The minimum atomic E-state index is -0.822. The Morgan fingerprint density at radius 2 is 1.53 bits per heavy atom. The Morgan fingerprint density at radius 3 is 2.20 bits per heavy atom. The highest BCUT2D eigenvalue weighted by molar-refractivity contribution is 6.45. The third-order valence-electron chi connectivity index (χ3n) is 5.82. The number of nitrogens with zero attached hydrogens (tertiary/aromatic N) is 3. The average molecular weight is 411 g/mol. The van der Waals surface area contributed by atoms with E-state index in [1.165, 1.54) is 0 Å². The number of halogens is 2. The van der Waals surface area contributed by atoms with Crippen molar-refractivity contribution in [3.05, 3.63) is 70.4 Å². The van der Waals surface area contributed by atoms with Crippen molar-refractivity contribution in [3.63, 3.8) is 0 Å². The second-order valence-corrected chi connectivity index (χ2v) is 7.85. The second kappa shape index (κ2) is 7.65. The van der Waals surface area contributed by atoms with Crippen LogP contribution in [0, 0.1) is 25.5 Å². The van der Waals surface area contributed by atoms with Gasteiger partial charge in [-0.3, -0.25) is 9.59 Å². The van der Waals surface area contributed by atoms with Gasteiger partial charge >= 0.3 is 0 Å². The molecule has 0 saturated carbocycles. The van der Waals surface area contributed by atoms with E-state index < -0.39 is 23.4 Å². The lowest BCUT2D eigenvalue weighted by Crippen LogP contribution is -2.46. The Hall–Kier alpha value is -3.06. The summed E-state index contributed by atoms with van der Waals surface area (Å²) in [4.78, 5) is 31.6. The molecule has 0 aliphatic carbocycles. The molecule has 4 rings (SSSR count). The molecule has 0 radical (unpaired) electrons. The van der Waals surface area contributed by atoms with E-state index in [-0.39, 0.29) is 17.0 Å². The number of hydrogen-bond donors (Lipinski definition) is 0. The van der Waals surface area contributed by atoms with Crippen LogP contribution in [-0.2, 0) is 9.59 Å². The topological polar surface area (TPSA) is 43.9 Å². The Morgan fingerprint density at radius 1 is 0.833 bits per heavy atom. The molecule has 7 heteroatoms. The van der Waals surface area contributed by atoms with Gasteiger partial charge in [0.05, 0.1) is 11.3 Å². The Balaban J connectivity index is 1.86. The first kappa shape index (κ1) is 20.2. The SMILES string of the molecule is Cc1ccc(C2=C(N3CCN(C)CC3)C(=O)N(c3cc(F)ccc3F)C2=O)cc1C. The lowest BCUT2D eigenvalue weighted by molar-refractivity contribution is -0.120. The molecule has 5 nitrogen and oxygen atoms in total. The third kappa shape index (κ3) is 3.39. The predicted molar refractivity (Wildman–Crippen MR) is 111 cm³/mol. The average Bonchev–Trinajstić information content (AvgIpc) is 2.97. The van der Waals surface area contributed by atoms with Gasteiger partial charge in [0.2, 0.25) is 0 Å². The zero-order chi connectivity index (χ0) is 21.6. The molecule has 2 aromatic carbocycles. The van der Waals surface area contributed by atoms with Crippen LogP contribution < -0.4 is 4.90 Å². The standard InChI is InChI=1S/C23H23F2N3O2/c1-14-4-5-16(12-15(14)2)20-21(27-10-8-26(3)9-11-27)23(30)28(22(20)29)19-13-17(24)6-7-18(19)25/h4-7,12-13H,8-11H2,1-3H3. The fraction of sp³-hybridized carbons (Fsp3) is 0.304. The molecular formula is C23H23F2N3O2. The van der Waals surface area contributed by atoms with Gasteiger partial charge in [-0.2, -0.15) is 0 Å². The van der Waals surface area contributed by atoms with E-state index in [1.807, 2.05) is 37.9 Å². The van der Waals surface area contributed by atoms with Crippen LogP contribution in [-0.4, -0.2) is 54.8 Å². The van der Waals surface area contributed by atoms with Gasteiger partial charge in [-0.05, 0) is 49.7 Å². The molecule has 0 N–H and O–H groups in total. The highest BCUT2D eigenvalue weighted by Crippen LogP contribution is 2.36. The molecule has 1 saturated heterocycles. The van der Waals surface area contributed by atoms with Gasteiger partial charge in [0, 0.05) is 32.2 Å². The second-order valence-electron chi connectivity index (χ2n) is 7.85. The molecule has 2 aromatic rings. The fourth-order valence-corrected chi connectivity index (χ4v) is 3.87. The van der Waals surface area contributed by atoms with Gasteiger partial charge < -0.3 is 9.80 Å². The fourth-order valence-electron chi connectivity index (χ4n) is 3.87. The summed E-state index contributed by atoms with van der Waals surface area (Å²) in [6, 6.07) is 8.32. The number of carbonyl (C=O) groups is 2. The molecule has 0 aromatic heterocycles. The third-order valence-corrected chi connectivity index (χ3v) is 5.82. The minimum absolute atomic E-state index is 0.233. The zero-order valence-corrected chi connectivity index (χ0v) is 17.2. The highest BCUT2D eigenvalue weighted by Gasteiger charge is 2.44. The van der Waals surface area contributed by atoms with E-state index in [2.05, 4.69) is 4.90 Å². The maximum absolute atomic E-state index is 14.5. The summed E-state index contributed by atoms with van der Waals surface area (Å²) in [6.07, 6.45) is 0. The van der Waals surface area contributed by atoms with E-state index >= 15 is 0 Å². The highest BCUT2D eigenvalue weighted by atomic mass is 19.1. The largest absolute Gasteiger partial charge is 0.364 e. The van der Waals surface area contributed by atoms with Gasteiger partial charge in [0.1, 0.15) is 17.3 Å². The Bertz CT molecular complexity index is 1070. The monoisotopic (exact) mass is 411 g/mol. The molecule has 2 aliphatic heterocycles.